The van der Waals surface area contributed by atoms with Crippen LogP contribution >= 0.6 is 0 Å². The molecular formula is C30H18N8O2. The maximum absolute atomic E-state index is 6.05. The fraction of sp³-hybridized carbons (Fsp3) is 0. The van der Waals surface area contributed by atoms with Gasteiger partial charge in [0.05, 0.1) is 33.9 Å². The molecule has 0 saturated heterocycles. The third-order valence-corrected chi connectivity index (χ3v) is 6.03. The van der Waals surface area contributed by atoms with Crippen LogP contribution in [0.3, 0.4) is 0 Å². The Morgan fingerprint density at radius 2 is 0.750 bits per heavy atom. The average molecular weight is 523 g/mol. The van der Waals surface area contributed by atoms with Gasteiger partial charge in [0.25, 0.3) is 11.8 Å². The molecule has 7 aromatic rings. The lowest BCUT2D eigenvalue weighted by Crippen LogP contribution is -1.89. The zero-order valence-corrected chi connectivity index (χ0v) is 20.8. The molecule has 0 unspecified atom stereocenters. The van der Waals surface area contributed by atoms with Crippen molar-refractivity contribution in [2.24, 2.45) is 0 Å². The van der Waals surface area contributed by atoms with Gasteiger partial charge in [-0.05, 0) is 60.7 Å². The minimum absolute atomic E-state index is 0.282. The van der Waals surface area contributed by atoms with Crippen molar-refractivity contribution in [2.75, 3.05) is 0 Å². The highest BCUT2D eigenvalue weighted by atomic mass is 16.4. The summed E-state index contributed by atoms with van der Waals surface area (Å²) in [5.41, 5.74) is 5.29. The van der Waals surface area contributed by atoms with Gasteiger partial charge in [-0.3, -0.25) is 9.97 Å². The van der Waals surface area contributed by atoms with Crippen LogP contribution in [0.25, 0.3) is 68.9 Å². The topological polar surface area (TPSA) is 129 Å². The fourth-order valence-corrected chi connectivity index (χ4v) is 4.15. The summed E-state index contributed by atoms with van der Waals surface area (Å²) in [6.07, 6.45) is 3.45. The second-order valence-corrected chi connectivity index (χ2v) is 8.62. The maximum Gasteiger partial charge on any atom is 0.266 e. The Morgan fingerprint density at radius 1 is 0.350 bits per heavy atom. The van der Waals surface area contributed by atoms with Gasteiger partial charge in [-0.1, -0.05) is 36.4 Å². The number of pyridine rings is 4. The van der Waals surface area contributed by atoms with Crippen LogP contribution in [0, 0.1) is 0 Å². The zero-order chi connectivity index (χ0) is 26.7. The van der Waals surface area contributed by atoms with Crippen LogP contribution < -0.4 is 0 Å². The summed E-state index contributed by atoms with van der Waals surface area (Å²) in [6.45, 7) is 0. The van der Waals surface area contributed by atoms with Crippen molar-refractivity contribution in [2.45, 2.75) is 0 Å². The van der Waals surface area contributed by atoms with Crippen LogP contribution in [0.1, 0.15) is 0 Å². The zero-order valence-electron chi connectivity index (χ0n) is 20.8. The van der Waals surface area contributed by atoms with Gasteiger partial charge in [0.1, 0.15) is 11.4 Å². The molecule has 0 aliphatic heterocycles. The van der Waals surface area contributed by atoms with E-state index >= 15 is 0 Å². The van der Waals surface area contributed by atoms with Crippen molar-refractivity contribution in [3.05, 3.63) is 109 Å². The van der Waals surface area contributed by atoms with Crippen LogP contribution in [-0.4, -0.2) is 40.3 Å². The summed E-state index contributed by atoms with van der Waals surface area (Å²) in [6, 6.07) is 29.9. The minimum atomic E-state index is 0.282. The van der Waals surface area contributed by atoms with E-state index in [1.54, 1.807) is 12.4 Å². The molecule has 40 heavy (non-hydrogen) atoms. The van der Waals surface area contributed by atoms with Gasteiger partial charge in [0, 0.05) is 12.4 Å². The number of hydrogen-bond acceptors (Lipinski definition) is 10. The molecule has 0 atom stereocenters. The van der Waals surface area contributed by atoms with Crippen LogP contribution in [-0.2, 0) is 0 Å². The first-order chi connectivity index (χ1) is 19.8. The van der Waals surface area contributed by atoms with Gasteiger partial charge in [-0.2, -0.15) is 0 Å². The summed E-state index contributed by atoms with van der Waals surface area (Å²) in [4.78, 5) is 18.0. The van der Waals surface area contributed by atoms with Gasteiger partial charge in [-0.25, -0.2) is 9.97 Å². The predicted octanol–water partition coefficient (Wildman–Crippen LogP) is 6.03. The van der Waals surface area contributed by atoms with Gasteiger partial charge in [-0.15, -0.1) is 20.4 Å². The third kappa shape index (κ3) is 4.50. The molecule has 0 saturated carbocycles. The quantitative estimate of drug-likeness (QED) is 0.255. The number of benzene rings is 1. The molecule has 190 valence electrons. The van der Waals surface area contributed by atoms with E-state index in [4.69, 9.17) is 8.83 Å². The van der Waals surface area contributed by atoms with Crippen molar-refractivity contribution in [1.82, 2.24) is 40.3 Å². The summed E-state index contributed by atoms with van der Waals surface area (Å²) in [5, 5.41) is 17.0. The Hall–Kier alpha value is -5.90. The first-order valence-corrected chi connectivity index (χ1v) is 12.4. The molecule has 0 radical (unpaired) electrons. The Labute approximate surface area is 227 Å². The van der Waals surface area contributed by atoms with Gasteiger partial charge in [0.15, 0.2) is 0 Å². The third-order valence-electron chi connectivity index (χ3n) is 6.03. The number of rotatable bonds is 6. The van der Waals surface area contributed by atoms with Gasteiger partial charge < -0.3 is 8.83 Å². The lowest BCUT2D eigenvalue weighted by molar-refractivity contribution is 0.575. The smallest absolute Gasteiger partial charge is 0.266 e. The Kier molecular flexibility index (Phi) is 5.87. The van der Waals surface area contributed by atoms with E-state index in [-0.39, 0.29) is 11.8 Å². The maximum atomic E-state index is 6.05. The molecule has 0 spiro atoms. The molecule has 0 fully saturated rings. The first-order valence-electron chi connectivity index (χ1n) is 12.4. The van der Waals surface area contributed by atoms with Crippen LogP contribution in [0.2, 0.25) is 0 Å². The molecule has 7 rings (SSSR count). The monoisotopic (exact) mass is 522 g/mol. The van der Waals surface area contributed by atoms with Crippen molar-refractivity contribution < 1.29 is 8.83 Å². The number of hydrogen-bond donors (Lipinski definition) is 0. The molecular weight excluding hydrogens is 504 g/mol. The largest absolute Gasteiger partial charge is 0.415 e. The second kappa shape index (κ2) is 10.1. The number of aromatic nitrogens is 8. The standard InChI is InChI=1S/C30H18N8O2/c1-2-10-20(28-36-38-30(40-28)26-16-8-14-24(34-26)22-12-4-6-18-32-22)19(9-1)27-35-37-29(39-27)25-15-7-13-23(33-25)21-11-3-5-17-31-21/h1-18H. The molecule has 10 nitrogen and oxygen atoms in total. The molecule has 0 bridgehead atoms. The fourth-order valence-electron chi connectivity index (χ4n) is 4.15. The molecule has 6 heterocycles. The lowest BCUT2D eigenvalue weighted by atomic mass is 10.1. The van der Waals surface area contributed by atoms with Crippen LogP contribution in [0.5, 0.6) is 0 Å². The Bertz CT molecular complexity index is 1780. The van der Waals surface area contributed by atoms with E-state index in [0.717, 1.165) is 11.4 Å². The molecule has 6 aromatic heterocycles. The molecule has 0 amide bonds. The highest BCUT2D eigenvalue weighted by Gasteiger charge is 2.20. The van der Waals surface area contributed by atoms with Crippen molar-refractivity contribution >= 4 is 0 Å². The number of nitrogens with zero attached hydrogens (tertiary/aromatic N) is 8. The first kappa shape index (κ1) is 23.2. The Morgan fingerprint density at radius 3 is 1.20 bits per heavy atom. The van der Waals surface area contributed by atoms with E-state index in [1.807, 2.05) is 97.1 Å². The minimum Gasteiger partial charge on any atom is -0.415 e. The molecule has 0 aliphatic rings. The Balaban J connectivity index is 1.20. The van der Waals surface area contributed by atoms with E-state index in [0.29, 0.717) is 45.7 Å². The average Bonchev–Trinajstić information content (AvgIpc) is 3.73. The predicted molar refractivity (Wildman–Crippen MR) is 146 cm³/mol. The van der Waals surface area contributed by atoms with Gasteiger partial charge in [0.2, 0.25) is 11.8 Å². The SMILES string of the molecule is c1ccc(-c2cccc(-c3nnc(-c4ccccc4-c4nnc(-c5cccc(-c6ccccn6)n5)o4)o3)n2)nc1. The van der Waals surface area contributed by atoms with E-state index in [2.05, 4.69) is 40.3 Å². The molecule has 1 aromatic carbocycles. The highest BCUT2D eigenvalue weighted by Crippen LogP contribution is 2.33. The molecule has 10 heteroatoms. The van der Waals surface area contributed by atoms with Crippen molar-refractivity contribution in [3.8, 4) is 68.9 Å². The van der Waals surface area contributed by atoms with Crippen LogP contribution in [0.4, 0.5) is 0 Å². The van der Waals surface area contributed by atoms with E-state index in [9.17, 15) is 0 Å². The molecule has 0 aliphatic carbocycles. The van der Waals surface area contributed by atoms with Crippen molar-refractivity contribution in [1.29, 1.82) is 0 Å². The van der Waals surface area contributed by atoms with E-state index in [1.165, 1.54) is 0 Å². The second-order valence-electron chi connectivity index (χ2n) is 8.62. The summed E-state index contributed by atoms with van der Waals surface area (Å²) in [5.74, 6) is 1.16. The summed E-state index contributed by atoms with van der Waals surface area (Å²) in [7, 11) is 0. The van der Waals surface area contributed by atoms with Crippen molar-refractivity contribution in [3.63, 3.8) is 0 Å². The lowest BCUT2D eigenvalue weighted by Gasteiger charge is -2.03. The summed E-state index contributed by atoms with van der Waals surface area (Å²) < 4.78 is 12.1. The van der Waals surface area contributed by atoms with Crippen LogP contribution in [0.15, 0.2) is 118 Å². The molecule has 0 N–H and O–H groups in total. The summed E-state index contributed by atoms with van der Waals surface area (Å²) >= 11 is 0. The normalized spacial score (nSPS) is 11.0. The van der Waals surface area contributed by atoms with Gasteiger partial charge >= 0.3 is 0 Å². The highest BCUT2D eigenvalue weighted by molar-refractivity contribution is 5.76. The van der Waals surface area contributed by atoms with E-state index < -0.39 is 0 Å².